The van der Waals surface area contributed by atoms with Gasteiger partial charge >= 0.3 is 18.6 Å². The fourth-order valence-corrected chi connectivity index (χ4v) is 4.77. The van der Waals surface area contributed by atoms with Crippen molar-refractivity contribution in [3.05, 3.63) is 94.0 Å². The monoisotopic (exact) mass is 589 g/mol. The maximum absolute atomic E-state index is 14.8. The number of ether oxygens (including phenoxy) is 1. The number of carbonyl (C=O) groups excluding carboxylic acids is 1. The summed E-state index contributed by atoms with van der Waals surface area (Å²) in [5.41, 5.74) is -2.09. The zero-order valence-electron chi connectivity index (χ0n) is 20.7. The van der Waals surface area contributed by atoms with E-state index >= 15 is 0 Å². The zero-order chi connectivity index (χ0) is 29.1. The maximum Gasteiger partial charge on any atom is 0.461 e. The van der Waals surface area contributed by atoms with E-state index in [4.69, 9.17) is 11.6 Å². The molecule has 2 amide bonds. The molecule has 13 heteroatoms. The van der Waals surface area contributed by atoms with Gasteiger partial charge in [-0.2, -0.15) is 17.6 Å². The Bertz CT molecular complexity index is 1350. The van der Waals surface area contributed by atoms with Gasteiger partial charge in [-0.15, -0.1) is 0 Å². The smallest absolute Gasteiger partial charge is 0.428 e. The lowest BCUT2D eigenvalue weighted by atomic mass is 9.80. The number of urea groups is 1. The van der Waals surface area contributed by atoms with Crippen LogP contribution in [-0.2, 0) is 12.0 Å². The fourth-order valence-electron chi connectivity index (χ4n) is 4.66. The third kappa shape index (κ3) is 6.78. The Morgan fingerprint density at radius 2 is 1.75 bits per heavy atom. The van der Waals surface area contributed by atoms with Gasteiger partial charge in [-0.1, -0.05) is 30.5 Å². The molecule has 1 saturated carbocycles. The first-order chi connectivity index (χ1) is 18.9. The molecule has 5 nitrogen and oxygen atoms in total. The second-order valence-corrected chi connectivity index (χ2v) is 9.85. The molecule has 1 aliphatic carbocycles. The van der Waals surface area contributed by atoms with Crippen LogP contribution in [0.3, 0.4) is 0 Å². The van der Waals surface area contributed by atoms with Crippen LogP contribution in [0.2, 0.25) is 5.02 Å². The molecule has 4 rings (SSSR count). The number of nitrogens with zero attached hydrogens (tertiary/aromatic N) is 1. The number of halogens is 8. The van der Waals surface area contributed by atoms with Gasteiger partial charge in [-0.05, 0) is 60.4 Å². The zero-order valence-corrected chi connectivity index (χ0v) is 21.4. The number of rotatable bonds is 9. The summed E-state index contributed by atoms with van der Waals surface area (Å²) >= 11 is 5.99. The minimum absolute atomic E-state index is 0.000347. The van der Waals surface area contributed by atoms with Gasteiger partial charge < -0.3 is 15.4 Å². The number of aromatic nitrogens is 1. The van der Waals surface area contributed by atoms with Gasteiger partial charge in [0.15, 0.2) is 11.6 Å². The average Bonchev–Trinajstić information content (AvgIpc) is 3.38. The van der Waals surface area contributed by atoms with E-state index in [9.17, 15) is 35.5 Å². The van der Waals surface area contributed by atoms with Gasteiger partial charge in [0.25, 0.3) is 0 Å². The van der Waals surface area contributed by atoms with Crippen molar-refractivity contribution in [2.45, 2.75) is 56.2 Å². The maximum atomic E-state index is 14.8. The Morgan fingerprint density at radius 3 is 2.38 bits per heavy atom. The van der Waals surface area contributed by atoms with E-state index in [-0.39, 0.29) is 27.9 Å². The summed E-state index contributed by atoms with van der Waals surface area (Å²) in [7, 11) is 0. The Hall–Kier alpha value is -3.54. The predicted molar refractivity (Wildman–Crippen MR) is 132 cm³/mol. The lowest BCUT2D eigenvalue weighted by Gasteiger charge is -2.36. The first kappa shape index (κ1) is 29.4. The molecule has 0 saturated heterocycles. The number of nitrogens with one attached hydrogen (secondary N) is 2. The molecular weight excluding hydrogens is 567 g/mol. The van der Waals surface area contributed by atoms with Gasteiger partial charge in [0, 0.05) is 24.7 Å². The lowest BCUT2D eigenvalue weighted by molar-refractivity contribution is -0.253. The highest BCUT2D eigenvalue weighted by molar-refractivity contribution is 6.30. The molecule has 1 atom stereocenters. The van der Waals surface area contributed by atoms with Gasteiger partial charge in [0.1, 0.15) is 17.1 Å². The quantitative estimate of drug-likeness (QED) is 0.261. The highest BCUT2D eigenvalue weighted by Gasteiger charge is 2.45. The first-order valence-corrected chi connectivity index (χ1v) is 12.6. The first-order valence-electron chi connectivity index (χ1n) is 12.2. The molecule has 3 aromatic rings. The van der Waals surface area contributed by atoms with Gasteiger partial charge in [0.05, 0.1) is 10.7 Å². The van der Waals surface area contributed by atoms with Crippen LogP contribution >= 0.6 is 11.6 Å². The van der Waals surface area contributed by atoms with Gasteiger partial charge in [0.2, 0.25) is 0 Å². The molecule has 0 bridgehead atoms. The van der Waals surface area contributed by atoms with Crippen molar-refractivity contribution in [2.75, 3.05) is 0 Å². The molecule has 2 N–H and O–H groups in total. The van der Waals surface area contributed by atoms with Crippen molar-refractivity contribution in [3.8, 4) is 5.75 Å². The molecule has 0 aliphatic heterocycles. The highest BCUT2D eigenvalue weighted by Crippen LogP contribution is 2.37. The van der Waals surface area contributed by atoms with E-state index in [1.54, 1.807) is 0 Å². The molecule has 214 valence electrons. The average molecular weight is 590 g/mol. The van der Waals surface area contributed by atoms with Crippen molar-refractivity contribution >= 4 is 17.6 Å². The standard InChI is InChI=1S/C27H23ClF7N3O2/c28-17-6-8-23(36-14-17)26(13-15-5-7-21(30)22(31)9-15,38-25(39)37-19-3-1-2-4-19)16-10-18(29)12-20(11-16)40-27(34,35)24(32)33/h5-12,14,19,24H,1-4,13H2,(H2,37,38,39)/t26-/m1/s1. The molecule has 0 unspecified atom stereocenters. The van der Waals surface area contributed by atoms with Crippen molar-refractivity contribution in [2.24, 2.45) is 0 Å². The topological polar surface area (TPSA) is 63.2 Å². The number of carbonyl (C=O) groups is 1. The number of pyridine rings is 1. The largest absolute Gasteiger partial charge is 0.461 e. The van der Waals surface area contributed by atoms with Crippen LogP contribution in [0.15, 0.2) is 54.7 Å². The van der Waals surface area contributed by atoms with E-state index in [1.807, 2.05) is 0 Å². The van der Waals surface area contributed by atoms with Crippen molar-refractivity contribution in [3.63, 3.8) is 0 Å². The summed E-state index contributed by atoms with van der Waals surface area (Å²) in [6, 6.07) is 6.87. The minimum atomic E-state index is -4.96. The Morgan fingerprint density at radius 1 is 1.02 bits per heavy atom. The number of hydrogen-bond acceptors (Lipinski definition) is 3. The lowest BCUT2D eigenvalue weighted by Crippen LogP contribution is -2.54. The molecule has 0 spiro atoms. The van der Waals surface area contributed by atoms with Crippen LogP contribution in [0.5, 0.6) is 5.75 Å². The Kier molecular flexibility index (Phi) is 8.77. The summed E-state index contributed by atoms with van der Waals surface area (Å²) in [6.45, 7) is 0. The third-order valence-corrected chi connectivity index (χ3v) is 6.73. The minimum Gasteiger partial charge on any atom is -0.428 e. The number of alkyl halides is 4. The third-order valence-electron chi connectivity index (χ3n) is 6.51. The number of benzene rings is 2. The summed E-state index contributed by atoms with van der Waals surface area (Å²) in [5.74, 6) is -4.51. The molecule has 1 fully saturated rings. The molecule has 1 heterocycles. The van der Waals surface area contributed by atoms with E-state index in [0.29, 0.717) is 18.9 Å². The number of amides is 2. The van der Waals surface area contributed by atoms with Crippen LogP contribution in [0.4, 0.5) is 35.5 Å². The molecule has 40 heavy (non-hydrogen) atoms. The second-order valence-electron chi connectivity index (χ2n) is 9.41. The van der Waals surface area contributed by atoms with Crippen LogP contribution in [-0.4, -0.2) is 29.6 Å². The molecule has 1 aromatic heterocycles. The number of hydrogen-bond donors (Lipinski definition) is 2. The van der Waals surface area contributed by atoms with Gasteiger partial charge in [-0.25, -0.2) is 18.0 Å². The van der Waals surface area contributed by atoms with Crippen molar-refractivity contribution in [1.82, 2.24) is 15.6 Å². The van der Waals surface area contributed by atoms with Crippen LogP contribution < -0.4 is 15.4 Å². The van der Waals surface area contributed by atoms with E-state index in [1.165, 1.54) is 24.4 Å². The van der Waals surface area contributed by atoms with Crippen LogP contribution in [0.25, 0.3) is 0 Å². The predicted octanol–water partition coefficient (Wildman–Crippen LogP) is 7.12. The summed E-state index contributed by atoms with van der Waals surface area (Å²) in [6.07, 6.45) is -5.22. The summed E-state index contributed by atoms with van der Waals surface area (Å²) in [4.78, 5) is 17.5. The molecule has 2 aromatic carbocycles. The van der Waals surface area contributed by atoms with Crippen LogP contribution in [0.1, 0.15) is 42.5 Å². The van der Waals surface area contributed by atoms with E-state index in [0.717, 1.165) is 37.1 Å². The normalized spacial score (nSPS) is 15.6. The second kappa shape index (κ2) is 11.9. The molecule has 0 radical (unpaired) electrons. The SMILES string of the molecule is O=C(NC1CCCC1)N[C@](Cc1ccc(F)c(F)c1)(c1cc(F)cc(OC(F)(F)C(F)F)c1)c1ccc(Cl)cn1. The molecular formula is C27H23ClF7N3O2. The molecule has 1 aliphatic rings. The van der Waals surface area contributed by atoms with Crippen LogP contribution in [0, 0.1) is 17.5 Å². The van der Waals surface area contributed by atoms with E-state index in [2.05, 4.69) is 20.4 Å². The summed E-state index contributed by atoms with van der Waals surface area (Å²) in [5, 5.41) is 5.68. The van der Waals surface area contributed by atoms with Crippen molar-refractivity contribution in [1.29, 1.82) is 0 Å². The van der Waals surface area contributed by atoms with Crippen molar-refractivity contribution < 1.29 is 40.3 Å². The fraction of sp³-hybridized carbons (Fsp3) is 0.333. The van der Waals surface area contributed by atoms with E-state index < -0.39 is 53.7 Å². The summed E-state index contributed by atoms with van der Waals surface area (Å²) < 4.78 is 100. The Labute approximate surface area is 229 Å². The Balaban J connectivity index is 1.89. The highest BCUT2D eigenvalue weighted by atomic mass is 35.5. The van der Waals surface area contributed by atoms with Gasteiger partial charge in [-0.3, -0.25) is 4.98 Å².